The van der Waals surface area contributed by atoms with Crippen LogP contribution in [0.2, 0.25) is 0 Å². The Hall–Kier alpha value is -1.68. The summed E-state index contributed by atoms with van der Waals surface area (Å²) in [5, 5.41) is 0. The number of Topliss-reactive ketones (excluding diaryl/α,β-unsaturated/α-hetero) is 1. The van der Waals surface area contributed by atoms with E-state index in [0.717, 1.165) is 29.8 Å². The molecule has 0 saturated heterocycles. The maximum absolute atomic E-state index is 11.9. The molecule has 0 radical (unpaired) electrons. The van der Waals surface area contributed by atoms with E-state index in [1.54, 1.807) is 6.92 Å². The van der Waals surface area contributed by atoms with Gasteiger partial charge in [-0.2, -0.15) is 0 Å². The number of carbonyl (C=O) groups is 2. The van der Waals surface area contributed by atoms with Crippen LogP contribution in [0.3, 0.4) is 0 Å². The number of esters is 1. The van der Waals surface area contributed by atoms with Crippen molar-refractivity contribution < 1.29 is 14.3 Å². The van der Waals surface area contributed by atoms with Gasteiger partial charge in [-0.15, -0.1) is 0 Å². The lowest BCUT2D eigenvalue weighted by Gasteiger charge is -2.26. The molecule has 128 valence electrons. The summed E-state index contributed by atoms with van der Waals surface area (Å²) in [4.78, 5) is 25.8. The molecule has 0 aliphatic heterocycles. The highest BCUT2D eigenvalue weighted by molar-refractivity contribution is 5.97. The summed E-state index contributed by atoms with van der Waals surface area (Å²) in [7, 11) is 1.42. The lowest BCUT2D eigenvalue weighted by atomic mass is 9.91. The first-order valence-corrected chi connectivity index (χ1v) is 8.13. The molecule has 0 spiro atoms. The van der Waals surface area contributed by atoms with E-state index < -0.39 is 0 Å². The number of ketones is 1. The molecule has 4 heteroatoms. The van der Waals surface area contributed by atoms with Crippen molar-refractivity contribution in [2.24, 2.45) is 5.92 Å². The molecule has 1 aromatic rings. The zero-order valence-corrected chi connectivity index (χ0v) is 15.4. The van der Waals surface area contributed by atoms with Crippen LogP contribution in [0.1, 0.15) is 53.4 Å². The predicted molar refractivity (Wildman–Crippen MR) is 92.8 cm³/mol. The van der Waals surface area contributed by atoms with Crippen molar-refractivity contribution >= 4 is 11.8 Å². The fourth-order valence-electron chi connectivity index (χ4n) is 3.20. The molecule has 1 aromatic carbocycles. The third-order valence-corrected chi connectivity index (χ3v) is 4.45. The third-order valence-electron chi connectivity index (χ3n) is 4.45. The molecule has 0 saturated carbocycles. The zero-order chi connectivity index (χ0) is 17.7. The van der Waals surface area contributed by atoms with Gasteiger partial charge in [0.05, 0.1) is 13.0 Å². The first kappa shape index (κ1) is 19.4. The minimum Gasteiger partial charge on any atom is -0.469 e. The topological polar surface area (TPSA) is 46.6 Å². The highest BCUT2D eigenvalue weighted by Gasteiger charge is 2.20. The molecule has 0 heterocycles. The van der Waals surface area contributed by atoms with Gasteiger partial charge in [0.25, 0.3) is 0 Å². The highest BCUT2D eigenvalue weighted by atomic mass is 16.5. The molecule has 0 aliphatic rings. The molecule has 1 rings (SSSR count). The number of hydrogen-bond acceptors (Lipinski definition) is 4. The van der Waals surface area contributed by atoms with Gasteiger partial charge < -0.3 is 4.74 Å². The Morgan fingerprint density at radius 3 is 2.30 bits per heavy atom. The van der Waals surface area contributed by atoms with Gasteiger partial charge in [-0.3, -0.25) is 14.5 Å². The van der Waals surface area contributed by atoms with Crippen LogP contribution >= 0.6 is 0 Å². The van der Waals surface area contributed by atoms with E-state index in [0.29, 0.717) is 6.54 Å². The summed E-state index contributed by atoms with van der Waals surface area (Å²) < 4.78 is 4.81. The minimum absolute atomic E-state index is 0.104. The third kappa shape index (κ3) is 4.64. The van der Waals surface area contributed by atoms with Crippen molar-refractivity contribution in [3.05, 3.63) is 33.9 Å². The second-order valence-electron chi connectivity index (χ2n) is 6.30. The molecule has 0 amide bonds. The summed E-state index contributed by atoms with van der Waals surface area (Å²) in [6.45, 7) is 13.9. The van der Waals surface area contributed by atoms with Gasteiger partial charge >= 0.3 is 5.97 Å². The second-order valence-corrected chi connectivity index (χ2v) is 6.30. The van der Waals surface area contributed by atoms with Crippen LogP contribution in [-0.2, 0) is 16.1 Å². The van der Waals surface area contributed by atoms with Crippen LogP contribution in [0.15, 0.2) is 6.07 Å². The first-order chi connectivity index (χ1) is 10.7. The maximum Gasteiger partial charge on any atom is 0.309 e. The summed E-state index contributed by atoms with van der Waals surface area (Å²) in [6.07, 6.45) is 0. The zero-order valence-electron chi connectivity index (χ0n) is 15.4. The van der Waals surface area contributed by atoms with E-state index in [4.69, 9.17) is 4.74 Å². The van der Waals surface area contributed by atoms with Crippen LogP contribution in [0.5, 0.6) is 0 Å². The van der Waals surface area contributed by atoms with Crippen LogP contribution in [0.25, 0.3) is 0 Å². The number of aryl methyl sites for hydroxylation is 2. The number of rotatable bonds is 7. The number of methoxy groups -OCH3 is 1. The van der Waals surface area contributed by atoms with Gasteiger partial charge in [0.1, 0.15) is 0 Å². The number of nitrogens with zero attached hydrogens (tertiary/aromatic N) is 1. The van der Waals surface area contributed by atoms with Crippen molar-refractivity contribution in [3.8, 4) is 0 Å². The lowest BCUT2D eigenvalue weighted by Crippen LogP contribution is -2.32. The summed E-state index contributed by atoms with van der Waals surface area (Å²) in [6, 6.07) is 2.08. The molecule has 0 bridgehead atoms. The Bertz CT molecular complexity index is 593. The highest BCUT2D eigenvalue weighted by Crippen LogP contribution is 2.24. The van der Waals surface area contributed by atoms with Gasteiger partial charge in [0.2, 0.25) is 0 Å². The Morgan fingerprint density at radius 1 is 1.22 bits per heavy atom. The number of benzene rings is 1. The Balaban J connectivity index is 3.09. The van der Waals surface area contributed by atoms with E-state index in [-0.39, 0.29) is 17.7 Å². The Kier molecular flexibility index (Phi) is 6.95. The molecule has 1 unspecified atom stereocenters. The van der Waals surface area contributed by atoms with Crippen LogP contribution in [-0.4, -0.2) is 36.9 Å². The van der Waals surface area contributed by atoms with Crippen molar-refractivity contribution in [2.75, 3.05) is 20.2 Å². The summed E-state index contributed by atoms with van der Waals surface area (Å²) >= 11 is 0. The van der Waals surface area contributed by atoms with Gasteiger partial charge in [-0.05, 0) is 56.5 Å². The monoisotopic (exact) mass is 319 g/mol. The summed E-state index contributed by atoms with van der Waals surface area (Å²) in [5.74, 6) is -0.254. The number of ether oxygens (including phenoxy) is 1. The van der Waals surface area contributed by atoms with E-state index >= 15 is 0 Å². The van der Waals surface area contributed by atoms with E-state index in [2.05, 4.69) is 24.8 Å². The molecule has 0 N–H and O–H groups in total. The first-order valence-electron chi connectivity index (χ1n) is 8.13. The molecule has 1 atom stereocenters. The lowest BCUT2D eigenvalue weighted by molar-refractivity contribution is -0.145. The molecule has 0 aromatic heterocycles. The van der Waals surface area contributed by atoms with Crippen LogP contribution in [0, 0.1) is 26.7 Å². The van der Waals surface area contributed by atoms with Crippen molar-refractivity contribution in [2.45, 2.75) is 48.1 Å². The molecule has 0 fully saturated rings. The molecular formula is C19H29NO3. The average Bonchev–Trinajstić information content (AvgIpc) is 2.48. The number of carbonyl (C=O) groups excluding carboxylic acids is 2. The van der Waals surface area contributed by atoms with Gasteiger partial charge in [-0.1, -0.05) is 19.9 Å². The quantitative estimate of drug-likeness (QED) is 0.570. The SMILES string of the molecule is CCN(Cc1c(C)cc(C)c(C(C)=O)c1C)CC(C)C(=O)OC. The normalized spacial score (nSPS) is 12.3. The summed E-state index contributed by atoms with van der Waals surface area (Å²) in [5.41, 5.74) is 5.28. The van der Waals surface area contributed by atoms with Gasteiger partial charge in [-0.25, -0.2) is 0 Å². The largest absolute Gasteiger partial charge is 0.469 e. The Morgan fingerprint density at radius 2 is 1.83 bits per heavy atom. The van der Waals surface area contributed by atoms with Crippen molar-refractivity contribution in [1.29, 1.82) is 0 Å². The minimum atomic E-state index is -0.190. The second kappa shape index (κ2) is 8.25. The average molecular weight is 319 g/mol. The standard InChI is InChI=1S/C19H29NO3/c1-8-20(10-14(4)19(22)23-7)11-17-12(2)9-13(3)18(15(17)5)16(6)21/h9,14H,8,10-11H2,1-7H3. The van der Waals surface area contributed by atoms with Crippen molar-refractivity contribution in [1.82, 2.24) is 4.90 Å². The van der Waals surface area contributed by atoms with Crippen LogP contribution in [0.4, 0.5) is 0 Å². The molecule has 4 nitrogen and oxygen atoms in total. The van der Waals surface area contributed by atoms with E-state index in [1.165, 1.54) is 18.2 Å². The van der Waals surface area contributed by atoms with E-state index in [9.17, 15) is 9.59 Å². The predicted octanol–water partition coefficient (Wildman–Crippen LogP) is 3.45. The van der Waals surface area contributed by atoms with Crippen LogP contribution < -0.4 is 0 Å². The smallest absolute Gasteiger partial charge is 0.309 e. The molecule has 0 aliphatic carbocycles. The number of hydrogen-bond donors (Lipinski definition) is 0. The fourth-order valence-corrected chi connectivity index (χ4v) is 3.20. The Labute approximate surface area is 139 Å². The van der Waals surface area contributed by atoms with Crippen molar-refractivity contribution in [3.63, 3.8) is 0 Å². The molecule has 23 heavy (non-hydrogen) atoms. The van der Waals surface area contributed by atoms with Gasteiger partial charge in [0.15, 0.2) is 5.78 Å². The van der Waals surface area contributed by atoms with Gasteiger partial charge in [0, 0.05) is 18.7 Å². The molecular weight excluding hydrogens is 290 g/mol. The van der Waals surface area contributed by atoms with E-state index in [1.807, 2.05) is 20.8 Å². The fraction of sp³-hybridized carbons (Fsp3) is 0.579. The maximum atomic E-state index is 11.9.